The molecule has 2 N–H and O–H groups in total. The van der Waals surface area contributed by atoms with E-state index in [2.05, 4.69) is 22.1 Å². The highest BCUT2D eigenvalue weighted by Gasteiger charge is 2.27. The molecule has 0 atom stereocenters. The Morgan fingerprint density at radius 2 is 2.35 bits per heavy atom. The van der Waals surface area contributed by atoms with E-state index in [1.165, 1.54) is 19.3 Å². The van der Waals surface area contributed by atoms with E-state index in [4.69, 9.17) is 4.98 Å². The maximum atomic E-state index is 9.35. The van der Waals surface area contributed by atoms with E-state index in [0.717, 1.165) is 23.8 Å². The van der Waals surface area contributed by atoms with Gasteiger partial charge in [-0.1, -0.05) is 0 Å². The Bertz CT molecular complexity index is 578. The van der Waals surface area contributed by atoms with E-state index in [-0.39, 0.29) is 6.61 Å². The summed E-state index contributed by atoms with van der Waals surface area (Å²) in [4.78, 5) is 11.3. The average molecular weight is 275 g/mol. The molecule has 0 bridgehead atoms. The van der Waals surface area contributed by atoms with Gasteiger partial charge in [-0.3, -0.25) is 0 Å². The third-order valence-corrected chi connectivity index (χ3v) is 3.84. The monoisotopic (exact) mass is 275 g/mol. The summed E-state index contributed by atoms with van der Waals surface area (Å²) in [6, 6.07) is 0.479. The Kier molecular flexibility index (Phi) is 3.73. The van der Waals surface area contributed by atoms with Crippen LogP contribution in [0.4, 0.5) is 11.6 Å². The van der Waals surface area contributed by atoms with Gasteiger partial charge in [-0.15, -0.1) is 0 Å². The highest BCUT2D eigenvalue weighted by molar-refractivity contribution is 5.67. The number of fused-ring (bicyclic) bond motifs is 1. The van der Waals surface area contributed by atoms with E-state index in [9.17, 15) is 5.11 Å². The van der Waals surface area contributed by atoms with Crippen LogP contribution in [0.2, 0.25) is 0 Å². The van der Waals surface area contributed by atoms with Gasteiger partial charge in [0.2, 0.25) is 0 Å². The minimum absolute atomic E-state index is 0.135. The van der Waals surface area contributed by atoms with Crippen molar-refractivity contribution < 1.29 is 5.11 Å². The number of hydrogen-bond acceptors (Lipinski definition) is 5. The number of hydrogen-bond donors (Lipinski definition) is 2. The van der Waals surface area contributed by atoms with Gasteiger partial charge in [-0.25, -0.2) is 9.97 Å². The van der Waals surface area contributed by atoms with Crippen molar-refractivity contribution in [2.24, 2.45) is 0 Å². The molecule has 0 spiro atoms. The van der Waals surface area contributed by atoms with E-state index in [1.54, 1.807) is 6.20 Å². The first-order valence-corrected chi connectivity index (χ1v) is 7.28. The van der Waals surface area contributed by atoms with E-state index < -0.39 is 0 Å². The van der Waals surface area contributed by atoms with Crippen molar-refractivity contribution >= 4 is 17.3 Å². The number of imidazole rings is 1. The van der Waals surface area contributed by atoms with Crippen molar-refractivity contribution in [3.05, 3.63) is 18.6 Å². The van der Waals surface area contributed by atoms with Crippen LogP contribution in [0, 0.1) is 0 Å². The van der Waals surface area contributed by atoms with Crippen molar-refractivity contribution in [3.63, 3.8) is 0 Å². The quantitative estimate of drug-likeness (QED) is 0.836. The molecule has 1 aliphatic rings. The summed E-state index contributed by atoms with van der Waals surface area (Å²) in [6.07, 6.45) is 9.25. The summed E-state index contributed by atoms with van der Waals surface area (Å²) in [5, 5.41) is 12.6. The minimum atomic E-state index is 0.135. The van der Waals surface area contributed by atoms with Crippen LogP contribution in [-0.2, 0) is 0 Å². The molecule has 2 aromatic rings. The van der Waals surface area contributed by atoms with Crippen LogP contribution in [0.3, 0.4) is 0 Å². The third-order valence-electron chi connectivity index (χ3n) is 3.84. The summed E-state index contributed by atoms with van der Waals surface area (Å²) in [5.74, 6) is 1.71. The van der Waals surface area contributed by atoms with Crippen molar-refractivity contribution in [2.75, 3.05) is 29.9 Å². The van der Waals surface area contributed by atoms with Crippen molar-refractivity contribution in [1.29, 1.82) is 0 Å². The fraction of sp³-hybridized carbons (Fsp3) is 0.571. The molecule has 108 valence electrons. The first-order chi connectivity index (χ1) is 9.83. The Labute approximate surface area is 118 Å². The van der Waals surface area contributed by atoms with Crippen LogP contribution in [0.1, 0.15) is 26.2 Å². The van der Waals surface area contributed by atoms with Crippen LogP contribution in [0.5, 0.6) is 0 Å². The number of aliphatic hydroxyl groups is 1. The van der Waals surface area contributed by atoms with E-state index in [1.807, 2.05) is 16.8 Å². The molecular weight excluding hydrogens is 254 g/mol. The predicted molar refractivity (Wildman–Crippen MR) is 79.2 cm³/mol. The second-order valence-corrected chi connectivity index (χ2v) is 5.14. The highest BCUT2D eigenvalue weighted by atomic mass is 16.3. The predicted octanol–water partition coefficient (Wildman–Crippen LogP) is 1.51. The summed E-state index contributed by atoms with van der Waals surface area (Å²) >= 11 is 0. The van der Waals surface area contributed by atoms with E-state index >= 15 is 0 Å². The van der Waals surface area contributed by atoms with Crippen molar-refractivity contribution in [2.45, 2.75) is 32.2 Å². The molecule has 1 saturated carbocycles. The Morgan fingerprint density at radius 3 is 3.00 bits per heavy atom. The standard InChI is InChI=1S/C14H21N5O/c1-2-15-12-10-18-7-6-16-13(18)14(17-12)19(8-9-20)11-4-3-5-11/h6-7,10-11,15,20H,2-5,8-9H2,1H3. The fourth-order valence-corrected chi connectivity index (χ4v) is 2.64. The molecule has 0 aliphatic heterocycles. The zero-order valence-electron chi connectivity index (χ0n) is 11.8. The first kappa shape index (κ1) is 13.2. The lowest BCUT2D eigenvalue weighted by Crippen LogP contribution is -2.42. The lowest BCUT2D eigenvalue weighted by atomic mass is 9.91. The molecule has 6 heteroatoms. The Morgan fingerprint density at radius 1 is 1.50 bits per heavy atom. The van der Waals surface area contributed by atoms with Gasteiger partial charge in [0, 0.05) is 31.5 Å². The molecule has 3 rings (SSSR count). The lowest BCUT2D eigenvalue weighted by molar-refractivity contribution is 0.283. The second-order valence-electron chi connectivity index (χ2n) is 5.14. The summed E-state index contributed by atoms with van der Waals surface area (Å²) in [7, 11) is 0. The van der Waals surface area contributed by atoms with Crippen LogP contribution in [0.15, 0.2) is 18.6 Å². The van der Waals surface area contributed by atoms with Gasteiger partial charge in [0.05, 0.1) is 12.8 Å². The molecule has 1 fully saturated rings. The summed E-state index contributed by atoms with van der Waals surface area (Å²) in [6.45, 7) is 3.62. The molecule has 0 radical (unpaired) electrons. The number of nitrogens with zero attached hydrogens (tertiary/aromatic N) is 4. The van der Waals surface area contributed by atoms with Gasteiger partial charge < -0.3 is 19.7 Å². The maximum absolute atomic E-state index is 9.35. The number of aliphatic hydroxyl groups excluding tert-OH is 1. The molecule has 2 aromatic heterocycles. The Balaban J connectivity index is 2.03. The normalized spacial score (nSPS) is 15.3. The number of rotatable bonds is 6. The molecule has 20 heavy (non-hydrogen) atoms. The molecular formula is C14H21N5O. The molecule has 0 aromatic carbocycles. The number of anilines is 2. The van der Waals surface area contributed by atoms with Gasteiger partial charge >= 0.3 is 0 Å². The topological polar surface area (TPSA) is 65.7 Å². The summed E-state index contributed by atoms with van der Waals surface area (Å²) < 4.78 is 1.99. The van der Waals surface area contributed by atoms with Crippen LogP contribution in [0.25, 0.3) is 5.65 Å². The number of nitrogens with one attached hydrogen (secondary N) is 1. The molecule has 0 unspecified atom stereocenters. The highest BCUT2D eigenvalue weighted by Crippen LogP contribution is 2.31. The minimum Gasteiger partial charge on any atom is -0.395 e. The van der Waals surface area contributed by atoms with Gasteiger partial charge in [0.1, 0.15) is 5.82 Å². The molecule has 0 amide bonds. The summed E-state index contributed by atoms with van der Waals surface area (Å²) in [5.41, 5.74) is 0.854. The lowest BCUT2D eigenvalue weighted by Gasteiger charge is -2.38. The Hall–Kier alpha value is -1.82. The van der Waals surface area contributed by atoms with E-state index in [0.29, 0.717) is 12.6 Å². The van der Waals surface area contributed by atoms with Gasteiger partial charge in [-0.2, -0.15) is 0 Å². The molecule has 0 saturated heterocycles. The SMILES string of the molecule is CCNc1cn2ccnc2c(N(CCO)C2CCC2)n1. The largest absolute Gasteiger partial charge is 0.395 e. The van der Waals surface area contributed by atoms with Crippen LogP contribution >= 0.6 is 0 Å². The zero-order valence-corrected chi connectivity index (χ0v) is 11.8. The van der Waals surface area contributed by atoms with Crippen LogP contribution < -0.4 is 10.2 Å². The third kappa shape index (κ3) is 2.31. The van der Waals surface area contributed by atoms with Gasteiger partial charge in [0.25, 0.3) is 0 Å². The molecule has 1 aliphatic carbocycles. The zero-order chi connectivity index (χ0) is 13.9. The molecule has 2 heterocycles. The average Bonchev–Trinajstić information content (AvgIpc) is 2.84. The molecule has 6 nitrogen and oxygen atoms in total. The van der Waals surface area contributed by atoms with Gasteiger partial charge in [-0.05, 0) is 26.2 Å². The van der Waals surface area contributed by atoms with Gasteiger partial charge in [0.15, 0.2) is 11.5 Å². The van der Waals surface area contributed by atoms with Crippen molar-refractivity contribution in [1.82, 2.24) is 14.4 Å². The van der Waals surface area contributed by atoms with Crippen molar-refractivity contribution in [3.8, 4) is 0 Å². The number of aromatic nitrogens is 3. The maximum Gasteiger partial charge on any atom is 0.180 e. The second kappa shape index (κ2) is 5.66. The smallest absolute Gasteiger partial charge is 0.180 e. The first-order valence-electron chi connectivity index (χ1n) is 7.28. The van der Waals surface area contributed by atoms with Crippen LogP contribution in [-0.4, -0.2) is 45.2 Å². The fourth-order valence-electron chi connectivity index (χ4n) is 2.64.